The summed E-state index contributed by atoms with van der Waals surface area (Å²) < 4.78 is 15.3. The number of carbonyl (C=O) groups is 1. The lowest BCUT2D eigenvalue weighted by atomic mass is 10.1. The van der Waals surface area contributed by atoms with Crippen molar-refractivity contribution in [1.82, 2.24) is 0 Å². The van der Waals surface area contributed by atoms with Crippen LogP contribution in [0.1, 0.15) is 19.4 Å². The molecule has 0 radical (unpaired) electrons. The largest absolute Gasteiger partial charge is 0.493 e. The maximum Gasteiger partial charge on any atom is 0.348 e. The maximum absolute atomic E-state index is 11.3. The van der Waals surface area contributed by atoms with Gasteiger partial charge >= 0.3 is 5.97 Å². The monoisotopic (exact) mass is 275 g/mol. The van der Waals surface area contributed by atoms with Crippen LogP contribution in [0.3, 0.4) is 0 Å². The summed E-state index contributed by atoms with van der Waals surface area (Å²) in [4.78, 5) is 11.3. The van der Waals surface area contributed by atoms with Crippen LogP contribution < -0.4 is 9.47 Å². The van der Waals surface area contributed by atoms with Crippen molar-refractivity contribution in [2.45, 2.75) is 20.0 Å². The molecule has 0 heterocycles. The molecule has 106 valence electrons. The molecule has 0 aromatic heterocycles. The molecule has 0 spiro atoms. The van der Waals surface area contributed by atoms with Crippen molar-refractivity contribution in [3.8, 4) is 17.6 Å². The Bertz CT molecular complexity index is 555. The molecule has 0 amide bonds. The highest BCUT2D eigenvalue weighted by Gasteiger charge is 2.11. The molecule has 0 bridgehead atoms. The lowest BCUT2D eigenvalue weighted by molar-refractivity contribution is -0.135. The molecular weight excluding hydrogens is 258 g/mol. The molecular formula is C15H17NO4. The van der Waals surface area contributed by atoms with E-state index in [9.17, 15) is 4.79 Å². The minimum Gasteiger partial charge on any atom is -0.493 e. The number of rotatable bonds is 5. The highest BCUT2D eigenvalue weighted by molar-refractivity contribution is 5.97. The van der Waals surface area contributed by atoms with E-state index in [0.29, 0.717) is 17.1 Å². The van der Waals surface area contributed by atoms with E-state index in [0.717, 1.165) is 0 Å². The SMILES string of the molecule is COC(=O)C(C#N)=Cc1ccc(OC(C)C)c(OC)c1. The van der Waals surface area contributed by atoms with Crippen molar-refractivity contribution < 1.29 is 19.0 Å². The quantitative estimate of drug-likeness (QED) is 0.469. The third-order valence-electron chi connectivity index (χ3n) is 2.39. The van der Waals surface area contributed by atoms with Gasteiger partial charge in [0, 0.05) is 0 Å². The molecule has 0 unspecified atom stereocenters. The van der Waals surface area contributed by atoms with Gasteiger partial charge < -0.3 is 14.2 Å². The zero-order valence-electron chi connectivity index (χ0n) is 12.0. The molecule has 5 heteroatoms. The van der Waals surface area contributed by atoms with Crippen molar-refractivity contribution in [3.05, 3.63) is 29.3 Å². The number of hydrogen-bond acceptors (Lipinski definition) is 5. The Balaban J connectivity index is 3.13. The molecule has 0 fully saturated rings. The lowest BCUT2D eigenvalue weighted by Crippen LogP contribution is -2.06. The van der Waals surface area contributed by atoms with E-state index < -0.39 is 5.97 Å². The fourth-order valence-corrected chi connectivity index (χ4v) is 1.54. The Hall–Kier alpha value is -2.48. The van der Waals surface area contributed by atoms with Gasteiger partial charge in [-0.15, -0.1) is 0 Å². The molecule has 1 aromatic rings. The fraction of sp³-hybridized carbons (Fsp3) is 0.333. The van der Waals surface area contributed by atoms with Gasteiger partial charge in [-0.2, -0.15) is 5.26 Å². The highest BCUT2D eigenvalue weighted by atomic mass is 16.5. The third-order valence-corrected chi connectivity index (χ3v) is 2.39. The summed E-state index contributed by atoms with van der Waals surface area (Å²) in [6.07, 6.45) is 1.46. The van der Waals surface area contributed by atoms with Crippen LogP contribution in [0.5, 0.6) is 11.5 Å². The van der Waals surface area contributed by atoms with Crippen LogP contribution in [0.2, 0.25) is 0 Å². The number of benzene rings is 1. The minimum absolute atomic E-state index is 0.0232. The molecule has 0 N–H and O–H groups in total. The third kappa shape index (κ3) is 4.02. The number of carbonyl (C=O) groups excluding carboxylic acids is 1. The van der Waals surface area contributed by atoms with Gasteiger partial charge in [0.25, 0.3) is 0 Å². The normalized spacial score (nSPS) is 10.9. The summed E-state index contributed by atoms with van der Waals surface area (Å²) in [5, 5.41) is 8.91. The second kappa shape index (κ2) is 7.19. The molecule has 0 atom stereocenters. The highest BCUT2D eigenvalue weighted by Crippen LogP contribution is 2.29. The molecule has 0 saturated carbocycles. The van der Waals surface area contributed by atoms with Gasteiger partial charge in [-0.1, -0.05) is 6.07 Å². The average molecular weight is 275 g/mol. The first-order chi connectivity index (χ1) is 9.51. The van der Waals surface area contributed by atoms with Crippen molar-refractivity contribution in [2.24, 2.45) is 0 Å². The van der Waals surface area contributed by atoms with Gasteiger partial charge in [0.05, 0.1) is 20.3 Å². The van der Waals surface area contributed by atoms with Crippen LogP contribution >= 0.6 is 0 Å². The molecule has 1 rings (SSSR count). The molecule has 0 aliphatic heterocycles. The van der Waals surface area contributed by atoms with Crippen LogP contribution in [0.4, 0.5) is 0 Å². The van der Waals surface area contributed by atoms with E-state index in [-0.39, 0.29) is 11.7 Å². The van der Waals surface area contributed by atoms with Crippen molar-refractivity contribution in [1.29, 1.82) is 5.26 Å². The van der Waals surface area contributed by atoms with Gasteiger partial charge in [0.1, 0.15) is 11.6 Å². The van der Waals surface area contributed by atoms with Gasteiger partial charge in [0.15, 0.2) is 11.5 Å². The summed E-state index contributed by atoms with van der Waals surface area (Å²) in [5.74, 6) is 0.472. The predicted octanol–water partition coefficient (Wildman–Crippen LogP) is 2.56. The zero-order valence-corrected chi connectivity index (χ0v) is 12.0. The minimum atomic E-state index is -0.672. The fourth-order valence-electron chi connectivity index (χ4n) is 1.54. The maximum atomic E-state index is 11.3. The molecule has 0 saturated heterocycles. The van der Waals surface area contributed by atoms with Gasteiger partial charge in [-0.05, 0) is 37.6 Å². The first-order valence-corrected chi connectivity index (χ1v) is 6.06. The second-order valence-corrected chi connectivity index (χ2v) is 4.24. The standard InChI is InChI=1S/C15H17NO4/c1-10(2)20-13-6-5-11(8-14(13)18-3)7-12(9-16)15(17)19-4/h5-8,10H,1-4H3. The number of nitriles is 1. The molecule has 0 aliphatic carbocycles. The van der Waals surface area contributed by atoms with Gasteiger partial charge in [-0.3, -0.25) is 0 Å². The Morgan fingerprint density at radius 2 is 2.00 bits per heavy atom. The summed E-state index contributed by atoms with van der Waals surface area (Å²) in [6.45, 7) is 3.83. The number of esters is 1. The van der Waals surface area contributed by atoms with Gasteiger partial charge in [-0.25, -0.2) is 4.79 Å². The second-order valence-electron chi connectivity index (χ2n) is 4.24. The zero-order chi connectivity index (χ0) is 15.1. The molecule has 1 aromatic carbocycles. The van der Waals surface area contributed by atoms with Gasteiger partial charge in [0.2, 0.25) is 0 Å². The van der Waals surface area contributed by atoms with Crippen LogP contribution in [-0.4, -0.2) is 26.3 Å². The van der Waals surface area contributed by atoms with Crippen LogP contribution in [-0.2, 0) is 9.53 Å². The summed E-state index contributed by atoms with van der Waals surface area (Å²) in [7, 11) is 2.76. The molecule has 20 heavy (non-hydrogen) atoms. The lowest BCUT2D eigenvalue weighted by Gasteiger charge is -2.13. The topological polar surface area (TPSA) is 68.6 Å². The number of nitrogens with zero attached hydrogens (tertiary/aromatic N) is 1. The Morgan fingerprint density at radius 3 is 2.50 bits per heavy atom. The first kappa shape index (κ1) is 15.6. The summed E-state index contributed by atoms with van der Waals surface area (Å²) >= 11 is 0. The van der Waals surface area contributed by atoms with E-state index in [2.05, 4.69) is 4.74 Å². The number of ether oxygens (including phenoxy) is 3. The average Bonchev–Trinajstić information content (AvgIpc) is 2.44. The van der Waals surface area contributed by atoms with E-state index in [1.54, 1.807) is 24.3 Å². The Morgan fingerprint density at radius 1 is 1.30 bits per heavy atom. The van der Waals surface area contributed by atoms with Crippen LogP contribution in [0.15, 0.2) is 23.8 Å². The van der Waals surface area contributed by atoms with E-state index in [4.69, 9.17) is 14.7 Å². The predicted molar refractivity (Wildman–Crippen MR) is 74.4 cm³/mol. The smallest absolute Gasteiger partial charge is 0.348 e. The van der Waals surface area contributed by atoms with Crippen LogP contribution in [0.25, 0.3) is 6.08 Å². The Kier molecular flexibility index (Phi) is 5.60. The summed E-state index contributed by atoms with van der Waals surface area (Å²) in [5.41, 5.74) is 0.576. The van der Waals surface area contributed by atoms with Crippen molar-refractivity contribution in [3.63, 3.8) is 0 Å². The van der Waals surface area contributed by atoms with E-state index in [1.165, 1.54) is 20.3 Å². The van der Waals surface area contributed by atoms with Crippen molar-refractivity contribution >= 4 is 12.0 Å². The number of methoxy groups -OCH3 is 2. The first-order valence-electron chi connectivity index (χ1n) is 6.06. The number of hydrogen-bond donors (Lipinski definition) is 0. The molecule has 0 aliphatic rings. The van der Waals surface area contributed by atoms with Crippen molar-refractivity contribution in [2.75, 3.05) is 14.2 Å². The van der Waals surface area contributed by atoms with E-state index in [1.807, 2.05) is 13.8 Å². The summed E-state index contributed by atoms with van der Waals surface area (Å²) in [6, 6.07) is 6.96. The molecule has 5 nitrogen and oxygen atoms in total. The van der Waals surface area contributed by atoms with E-state index >= 15 is 0 Å². The van der Waals surface area contributed by atoms with Crippen LogP contribution in [0, 0.1) is 11.3 Å². The Labute approximate surface area is 118 Å².